The minimum Gasteiger partial charge on any atom is -0.494 e. The largest absolute Gasteiger partial charge is 0.494 e. The van der Waals surface area contributed by atoms with Gasteiger partial charge in [0, 0.05) is 64.1 Å². The van der Waals surface area contributed by atoms with E-state index < -0.39 is 5.97 Å². The van der Waals surface area contributed by atoms with Gasteiger partial charge < -0.3 is 23.9 Å². The Hall–Kier alpha value is -4.73. The standard InChI is InChI=1S/C38H37Cl2N5O4/c1-19-14-25(15-20(2)34(19)40)49-13-7-8-27-28-9-10-30(39)33(32-22(4)41-42-23(32)5)35(28)45-21(3)18-44(37(46)36(27)45)24-16-29(38(47)48)26-11-12-43(6)31(26)17-24/h9-12,14-17,21H,7-8,13,18H2,1-6H3,(H,41,42)(H,47,48). The van der Waals surface area contributed by atoms with Crippen molar-refractivity contribution in [2.75, 3.05) is 18.1 Å². The SMILES string of the molecule is Cc1cc(OCCCc2c3n(c4c(-c5c(C)n[nH]c5C)c(Cl)ccc24)C(C)CN(c2cc(C(=O)O)c4ccn(C)c4c2)C3=O)cc(C)c1Cl. The number of halogens is 2. The molecule has 0 spiro atoms. The number of anilines is 1. The molecule has 49 heavy (non-hydrogen) atoms. The molecule has 2 N–H and O–H groups in total. The van der Waals surface area contributed by atoms with Gasteiger partial charge in [-0.25, -0.2) is 4.79 Å². The van der Waals surface area contributed by atoms with Gasteiger partial charge in [-0.1, -0.05) is 29.3 Å². The maximum Gasteiger partial charge on any atom is 0.336 e. The molecule has 1 amide bonds. The number of fused-ring (bicyclic) bond motifs is 4. The van der Waals surface area contributed by atoms with E-state index >= 15 is 0 Å². The number of benzene rings is 3. The number of aromatic amines is 1. The van der Waals surface area contributed by atoms with Crippen molar-refractivity contribution in [1.82, 2.24) is 19.3 Å². The molecule has 0 radical (unpaired) electrons. The summed E-state index contributed by atoms with van der Waals surface area (Å²) in [6, 6.07) is 12.9. The number of hydrogen-bond acceptors (Lipinski definition) is 4. The van der Waals surface area contributed by atoms with E-state index in [1.807, 2.05) is 75.8 Å². The van der Waals surface area contributed by atoms with E-state index in [4.69, 9.17) is 27.9 Å². The van der Waals surface area contributed by atoms with Crippen molar-refractivity contribution in [2.45, 2.75) is 53.5 Å². The number of aromatic carboxylic acids is 1. The lowest BCUT2D eigenvalue weighted by atomic mass is 9.98. The van der Waals surface area contributed by atoms with E-state index in [2.05, 4.69) is 21.7 Å². The van der Waals surface area contributed by atoms with Gasteiger partial charge in [0.05, 0.1) is 33.9 Å². The quantitative estimate of drug-likeness (QED) is 0.155. The molecule has 0 aliphatic carbocycles. The van der Waals surface area contributed by atoms with E-state index in [1.54, 1.807) is 17.0 Å². The van der Waals surface area contributed by atoms with Gasteiger partial charge in [-0.3, -0.25) is 9.89 Å². The van der Waals surface area contributed by atoms with Gasteiger partial charge in [-0.15, -0.1) is 0 Å². The Bertz CT molecular complexity index is 2290. The third kappa shape index (κ3) is 5.36. The van der Waals surface area contributed by atoms with Gasteiger partial charge in [-0.2, -0.15) is 5.10 Å². The summed E-state index contributed by atoms with van der Waals surface area (Å²) in [5, 5.41) is 20.5. The van der Waals surface area contributed by atoms with Crippen molar-refractivity contribution in [3.8, 4) is 16.9 Å². The zero-order chi connectivity index (χ0) is 34.9. The first-order valence-electron chi connectivity index (χ1n) is 16.3. The number of aryl methyl sites for hydroxylation is 6. The lowest BCUT2D eigenvalue weighted by molar-refractivity contribution is 0.0698. The number of hydrogen-bond donors (Lipinski definition) is 2. The normalized spacial score (nSPS) is 14.7. The molecule has 1 aliphatic rings. The van der Waals surface area contributed by atoms with Crippen LogP contribution in [-0.2, 0) is 13.5 Å². The van der Waals surface area contributed by atoms with Crippen LogP contribution in [0.5, 0.6) is 5.75 Å². The van der Waals surface area contributed by atoms with Crippen LogP contribution in [0, 0.1) is 27.7 Å². The molecule has 0 saturated carbocycles. The second kappa shape index (κ2) is 12.3. The van der Waals surface area contributed by atoms with Crippen LogP contribution in [0.2, 0.25) is 10.0 Å². The highest BCUT2D eigenvalue weighted by Crippen LogP contribution is 2.45. The number of carbonyl (C=O) groups is 2. The van der Waals surface area contributed by atoms with Crippen molar-refractivity contribution in [2.24, 2.45) is 7.05 Å². The Kier molecular flexibility index (Phi) is 8.24. The van der Waals surface area contributed by atoms with Crippen LogP contribution in [0.4, 0.5) is 5.69 Å². The first kappa shape index (κ1) is 32.8. The molecule has 0 bridgehead atoms. The Morgan fingerprint density at radius 2 is 1.78 bits per heavy atom. The maximum atomic E-state index is 14.8. The topological polar surface area (TPSA) is 105 Å². The molecular weight excluding hydrogens is 661 g/mol. The summed E-state index contributed by atoms with van der Waals surface area (Å²) in [5.41, 5.74) is 9.18. The first-order chi connectivity index (χ1) is 23.4. The number of rotatable bonds is 8. The lowest BCUT2D eigenvalue weighted by Crippen LogP contribution is -2.42. The fourth-order valence-corrected chi connectivity index (χ4v) is 7.78. The summed E-state index contributed by atoms with van der Waals surface area (Å²) in [6.07, 6.45) is 3.05. The van der Waals surface area contributed by atoms with Crippen molar-refractivity contribution < 1.29 is 19.4 Å². The molecule has 6 aromatic rings. The number of H-pyrrole nitrogens is 1. The third-order valence-electron chi connectivity index (χ3n) is 9.71. The first-order valence-corrected chi connectivity index (χ1v) is 17.0. The highest BCUT2D eigenvalue weighted by atomic mass is 35.5. The predicted molar refractivity (Wildman–Crippen MR) is 195 cm³/mol. The second-order valence-corrected chi connectivity index (χ2v) is 13.9. The van der Waals surface area contributed by atoms with E-state index in [0.29, 0.717) is 47.8 Å². The summed E-state index contributed by atoms with van der Waals surface area (Å²) < 4.78 is 10.2. The van der Waals surface area contributed by atoms with Crippen LogP contribution in [-0.4, -0.2) is 49.5 Å². The highest BCUT2D eigenvalue weighted by Gasteiger charge is 2.37. The molecule has 3 aromatic heterocycles. The number of aromatic nitrogens is 4. The minimum atomic E-state index is -1.04. The lowest BCUT2D eigenvalue weighted by Gasteiger charge is -2.34. The van der Waals surface area contributed by atoms with Crippen LogP contribution in [0.3, 0.4) is 0 Å². The van der Waals surface area contributed by atoms with E-state index in [1.165, 1.54) is 0 Å². The fourth-order valence-electron chi connectivity index (χ4n) is 7.43. The van der Waals surface area contributed by atoms with Crippen LogP contribution in [0.1, 0.15) is 68.3 Å². The molecule has 1 aliphatic heterocycles. The molecule has 11 heteroatoms. The zero-order valence-electron chi connectivity index (χ0n) is 28.2. The van der Waals surface area contributed by atoms with Crippen molar-refractivity contribution >= 4 is 62.6 Å². The van der Waals surface area contributed by atoms with E-state index in [0.717, 1.165) is 66.4 Å². The molecule has 9 nitrogen and oxygen atoms in total. The van der Waals surface area contributed by atoms with Crippen LogP contribution in [0.25, 0.3) is 32.9 Å². The van der Waals surface area contributed by atoms with E-state index in [-0.39, 0.29) is 17.5 Å². The molecule has 1 atom stereocenters. The summed E-state index contributed by atoms with van der Waals surface area (Å²) in [7, 11) is 1.87. The molecule has 7 rings (SSSR count). The molecule has 4 heterocycles. The Balaban J connectivity index is 1.36. The Labute approximate surface area is 294 Å². The average molecular weight is 699 g/mol. The fraction of sp³-hybridized carbons (Fsp3) is 0.289. The number of carboxylic acid groups (broad SMARTS) is 1. The van der Waals surface area contributed by atoms with Gasteiger partial charge in [0.15, 0.2) is 0 Å². The Morgan fingerprint density at radius 3 is 2.45 bits per heavy atom. The van der Waals surface area contributed by atoms with Gasteiger partial charge in [0.25, 0.3) is 5.91 Å². The molecule has 252 valence electrons. The monoisotopic (exact) mass is 697 g/mol. The molecule has 0 saturated heterocycles. The molecular formula is C38H37Cl2N5O4. The number of nitrogens with zero attached hydrogens (tertiary/aromatic N) is 4. The van der Waals surface area contributed by atoms with Crippen LogP contribution < -0.4 is 9.64 Å². The number of carbonyl (C=O) groups excluding carboxylic acids is 1. The number of carboxylic acids is 1. The van der Waals surface area contributed by atoms with Gasteiger partial charge in [-0.05, 0) is 101 Å². The molecule has 1 unspecified atom stereocenters. The van der Waals surface area contributed by atoms with Gasteiger partial charge in [0.1, 0.15) is 11.4 Å². The molecule has 3 aromatic carbocycles. The smallest absolute Gasteiger partial charge is 0.336 e. The average Bonchev–Trinajstić information content (AvgIpc) is 3.72. The summed E-state index contributed by atoms with van der Waals surface area (Å²) in [4.78, 5) is 28.9. The second-order valence-electron chi connectivity index (χ2n) is 13.1. The van der Waals surface area contributed by atoms with Crippen molar-refractivity contribution in [1.29, 1.82) is 0 Å². The van der Waals surface area contributed by atoms with Crippen LogP contribution in [0.15, 0.2) is 48.7 Å². The van der Waals surface area contributed by atoms with E-state index in [9.17, 15) is 14.7 Å². The molecule has 0 fully saturated rings. The third-order valence-corrected chi connectivity index (χ3v) is 10.6. The highest BCUT2D eigenvalue weighted by molar-refractivity contribution is 6.35. The summed E-state index contributed by atoms with van der Waals surface area (Å²) in [6.45, 7) is 10.7. The maximum absolute atomic E-state index is 14.8. The van der Waals surface area contributed by atoms with Crippen LogP contribution >= 0.6 is 23.2 Å². The number of nitrogens with one attached hydrogen (secondary N) is 1. The van der Waals surface area contributed by atoms with Crippen molar-refractivity contribution in [3.05, 3.63) is 98.0 Å². The number of ether oxygens (including phenoxy) is 1. The summed E-state index contributed by atoms with van der Waals surface area (Å²) in [5.74, 6) is -0.479. The summed E-state index contributed by atoms with van der Waals surface area (Å²) >= 11 is 13.4. The van der Waals surface area contributed by atoms with Gasteiger partial charge >= 0.3 is 5.97 Å². The van der Waals surface area contributed by atoms with Crippen molar-refractivity contribution in [3.63, 3.8) is 0 Å². The van der Waals surface area contributed by atoms with Gasteiger partial charge in [0.2, 0.25) is 0 Å². The predicted octanol–water partition coefficient (Wildman–Crippen LogP) is 8.99. The Morgan fingerprint density at radius 1 is 1.04 bits per heavy atom. The zero-order valence-corrected chi connectivity index (χ0v) is 29.8. The number of amides is 1. The minimum absolute atomic E-state index is 0.157.